The van der Waals surface area contributed by atoms with Gasteiger partial charge in [-0.15, -0.1) is 0 Å². The molecule has 6 heteroatoms. The number of nitrogen functional groups attached to an aromatic ring is 1. The fourth-order valence-electron chi connectivity index (χ4n) is 2.49. The Morgan fingerprint density at radius 2 is 1.89 bits per heavy atom. The van der Waals surface area contributed by atoms with Crippen molar-refractivity contribution in [1.82, 2.24) is 9.97 Å². The number of anilines is 2. The summed E-state index contributed by atoms with van der Waals surface area (Å²) in [6.07, 6.45) is 4.64. The van der Waals surface area contributed by atoms with Crippen molar-refractivity contribution in [2.24, 2.45) is 5.84 Å². The quantitative estimate of drug-likeness (QED) is 0.474. The molecule has 0 amide bonds. The lowest BCUT2D eigenvalue weighted by molar-refractivity contribution is 0.0614. The standard InChI is InChI=1S/C13H23N5O/c1-3-10-16-11(9(2)12(17-10)18-14)15-8-13(19)6-4-5-7-13/h19H,3-8,14H2,1-2H3,(H2,15,16,17,18). The van der Waals surface area contributed by atoms with Crippen molar-refractivity contribution in [3.8, 4) is 0 Å². The number of nitrogens with two attached hydrogens (primary N) is 1. The van der Waals surface area contributed by atoms with Crippen LogP contribution in [0.4, 0.5) is 11.6 Å². The molecule has 0 aliphatic heterocycles. The average Bonchev–Trinajstić information content (AvgIpc) is 2.85. The van der Waals surface area contributed by atoms with E-state index in [1.807, 2.05) is 13.8 Å². The summed E-state index contributed by atoms with van der Waals surface area (Å²) in [5, 5.41) is 13.6. The number of nitrogens with one attached hydrogen (secondary N) is 2. The summed E-state index contributed by atoms with van der Waals surface area (Å²) in [4.78, 5) is 8.78. The van der Waals surface area contributed by atoms with Gasteiger partial charge in [-0.2, -0.15) is 0 Å². The molecule has 0 bridgehead atoms. The van der Waals surface area contributed by atoms with Gasteiger partial charge in [-0.05, 0) is 19.8 Å². The molecule has 19 heavy (non-hydrogen) atoms. The molecular weight excluding hydrogens is 242 g/mol. The smallest absolute Gasteiger partial charge is 0.148 e. The second kappa shape index (κ2) is 5.71. The van der Waals surface area contributed by atoms with Gasteiger partial charge in [0.2, 0.25) is 0 Å². The van der Waals surface area contributed by atoms with E-state index in [2.05, 4.69) is 20.7 Å². The van der Waals surface area contributed by atoms with Gasteiger partial charge >= 0.3 is 0 Å². The monoisotopic (exact) mass is 265 g/mol. The van der Waals surface area contributed by atoms with Crippen LogP contribution in [0.1, 0.15) is 44.0 Å². The maximum absolute atomic E-state index is 10.4. The first kappa shape index (κ1) is 14.0. The zero-order valence-corrected chi connectivity index (χ0v) is 11.7. The molecule has 0 atom stereocenters. The van der Waals surface area contributed by atoms with Crippen molar-refractivity contribution in [3.05, 3.63) is 11.4 Å². The lowest BCUT2D eigenvalue weighted by atomic mass is 10.0. The molecule has 2 rings (SSSR count). The van der Waals surface area contributed by atoms with Crippen LogP contribution >= 0.6 is 0 Å². The largest absolute Gasteiger partial charge is 0.388 e. The molecule has 0 aromatic carbocycles. The lowest BCUT2D eigenvalue weighted by Gasteiger charge is -2.23. The first-order valence-electron chi connectivity index (χ1n) is 6.88. The molecule has 0 spiro atoms. The number of hydrazine groups is 1. The van der Waals surface area contributed by atoms with Crippen LogP contribution in [0, 0.1) is 6.92 Å². The number of hydrogen-bond acceptors (Lipinski definition) is 6. The number of aliphatic hydroxyl groups is 1. The van der Waals surface area contributed by atoms with Crippen LogP contribution in [0.5, 0.6) is 0 Å². The number of hydrogen-bond donors (Lipinski definition) is 4. The van der Waals surface area contributed by atoms with Crippen molar-refractivity contribution in [1.29, 1.82) is 0 Å². The minimum atomic E-state index is -0.597. The molecule has 1 aromatic rings. The molecule has 1 fully saturated rings. The third-order valence-electron chi connectivity index (χ3n) is 3.76. The van der Waals surface area contributed by atoms with Crippen LogP contribution in [0.3, 0.4) is 0 Å². The van der Waals surface area contributed by atoms with Crippen LogP contribution in [0.2, 0.25) is 0 Å². The zero-order chi connectivity index (χ0) is 13.9. The highest BCUT2D eigenvalue weighted by molar-refractivity contribution is 5.56. The maximum Gasteiger partial charge on any atom is 0.148 e. The summed E-state index contributed by atoms with van der Waals surface area (Å²) >= 11 is 0. The minimum absolute atomic E-state index is 0.526. The molecule has 106 valence electrons. The number of aromatic nitrogens is 2. The number of rotatable bonds is 5. The van der Waals surface area contributed by atoms with Crippen molar-refractivity contribution < 1.29 is 5.11 Å². The van der Waals surface area contributed by atoms with Gasteiger partial charge in [0, 0.05) is 18.5 Å². The Labute approximate surface area is 113 Å². The second-order valence-corrected chi connectivity index (χ2v) is 5.24. The summed E-state index contributed by atoms with van der Waals surface area (Å²) < 4.78 is 0. The highest BCUT2D eigenvalue weighted by Crippen LogP contribution is 2.30. The fraction of sp³-hybridized carbons (Fsp3) is 0.692. The van der Waals surface area contributed by atoms with E-state index in [1.54, 1.807) is 0 Å². The van der Waals surface area contributed by atoms with E-state index in [1.165, 1.54) is 0 Å². The van der Waals surface area contributed by atoms with Crippen LogP contribution in [0.25, 0.3) is 0 Å². The first-order chi connectivity index (χ1) is 9.08. The van der Waals surface area contributed by atoms with E-state index in [0.717, 1.165) is 49.3 Å². The van der Waals surface area contributed by atoms with Gasteiger partial charge in [0.15, 0.2) is 0 Å². The molecule has 1 aliphatic rings. The Bertz CT molecular complexity index is 443. The first-order valence-corrected chi connectivity index (χ1v) is 6.88. The second-order valence-electron chi connectivity index (χ2n) is 5.24. The normalized spacial score (nSPS) is 17.5. The van der Waals surface area contributed by atoms with E-state index in [-0.39, 0.29) is 0 Å². The molecule has 1 heterocycles. The van der Waals surface area contributed by atoms with Crippen molar-refractivity contribution >= 4 is 11.6 Å². The van der Waals surface area contributed by atoms with Crippen LogP contribution in [-0.2, 0) is 6.42 Å². The lowest BCUT2D eigenvalue weighted by Crippen LogP contribution is -2.34. The number of aryl methyl sites for hydroxylation is 1. The van der Waals surface area contributed by atoms with Gasteiger partial charge in [-0.3, -0.25) is 0 Å². The predicted octanol–water partition coefficient (Wildman–Crippen LogP) is 1.35. The molecule has 0 radical (unpaired) electrons. The van der Waals surface area contributed by atoms with Gasteiger partial charge in [-0.25, -0.2) is 15.8 Å². The van der Waals surface area contributed by atoms with Crippen LogP contribution in [0.15, 0.2) is 0 Å². The van der Waals surface area contributed by atoms with E-state index in [9.17, 15) is 5.11 Å². The highest BCUT2D eigenvalue weighted by Gasteiger charge is 2.31. The molecule has 6 nitrogen and oxygen atoms in total. The van der Waals surface area contributed by atoms with Crippen molar-refractivity contribution in [2.45, 2.75) is 51.6 Å². The predicted molar refractivity (Wildman–Crippen MR) is 75.9 cm³/mol. The SMILES string of the molecule is CCc1nc(NN)c(C)c(NCC2(O)CCCC2)n1. The maximum atomic E-state index is 10.4. The summed E-state index contributed by atoms with van der Waals surface area (Å²) in [6, 6.07) is 0. The third kappa shape index (κ3) is 3.13. The summed E-state index contributed by atoms with van der Waals surface area (Å²) in [7, 11) is 0. The van der Waals surface area contributed by atoms with Crippen molar-refractivity contribution in [2.75, 3.05) is 17.3 Å². The van der Waals surface area contributed by atoms with Gasteiger partial charge < -0.3 is 15.8 Å². The third-order valence-corrected chi connectivity index (χ3v) is 3.76. The van der Waals surface area contributed by atoms with Gasteiger partial charge in [0.1, 0.15) is 17.5 Å². The molecule has 1 aliphatic carbocycles. The van der Waals surface area contributed by atoms with Crippen molar-refractivity contribution in [3.63, 3.8) is 0 Å². The van der Waals surface area contributed by atoms with Crippen LogP contribution < -0.4 is 16.6 Å². The van der Waals surface area contributed by atoms with Gasteiger partial charge in [0.05, 0.1) is 5.60 Å². The van der Waals surface area contributed by atoms with E-state index < -0.39 is 5.60 Å². The molecule has 0 saturated heterocycles. The molecule has 1 aromatic heterocycles. The summed E-state index contributed by atoms with van der Waals surface area (Å²) in [5.74, 6) is 7.59. The molecular formula is C13H23N5O. The number of nitrogens with zero attached hydrogens (tertiary/aromatic N) is 2. The topological polar surface area (TPSA) is 96.1 Å². The Hall–Kier alpha value is -1.40. The molecule has 0 unspecified atom stereocenters. The Morgan fingerprint density at radius 3 is 2.47 bits per heavy atom. The fourth-order valence-corrected chi connectivity index (χ4v) is 2.49. The van der Waals surface area contributed by atoms with Gasteiger partial charge in [0.25, 0.3) is 0 Å². The van der Waals surface area contributed by atoms with E-state index in [0.29, 0.717) is 12.4 Å². The zero-order valence-electron chi connectivity index (χ0n) is 11.7. The Morgan fingerprint density at radius 1 is 1.26 bits per heavy atom. The molecule has 5 N–H and O–H groups in total. The van der Waals surface area contributed by atoms with Crippen LogP contribution in [-0.4, -0.2) is 27.2 Å². The average molecular weight is 265 g/mol. The summed E-state index contributed by atoms with van der Waals surface area (Å²) in [5.41, 5.74) is 2.87. The highest BCUT2D eigenvalue weighted by atomic mass is 16.3. The van der Waals surface area contributed by atoms with E-state index >= 15 is 0 Å². The van der Waals surface area contributed by atoms with E-state index in [4.69, 9.17) is 5.84 Å². The van der Waals surface area contributed by atoms with Gasteiger partial charge in [-0.1, -0.05) is 19.8 Å². The minimum Gasteiger partial charge on any atom is -0.388 e. The Kier molecular flexibility index (Phi) is 4.21. The molecule has 1 saturated carbocycles. The summed E-state index contributed by atoms with van der Waals surface area (Å²) in [6.45, 7) is 4.44. The Balaban J connectivity index is 2.14.